The second-order valence-electron chi connectivity index (χ2n) is 9.18. The highest BCUT2D eigenvalue weighted by molar-refractivity contribution is 14.1. The Hall–Kier alpha value is -2.73. The molecule has 1 aliphatic heterocycles. The van der Waals surface area contributed by atoms with E-state index in [4.69, 9.17) is 11.6 Å². The average Bonchev–Trinajstić information content (AvgIpc) is 3.16. The van der Waals surface area contributed by atoms with Crippen LogP contribution in [0.5, 0.6) is 0 Å². The van der Waals surface area contributed by atoms with E-state index in [2.05, 4.69) is 43.3 Å². The van der Waals surface area contributed by atoms with Gasteiger partial charge < -0.3 is 4.90 Å². The third-order valence-electron chi connectivity index (χ3n) is 6.54. The standard InChI is InChI=1S/C28H26ClIN4O3S/c29-24-18-20(7-12-25(24)30)19-33-14-3-15-34(17-16-33)28(35)22-8-10-23(11-9-22)32-38(36,37)26-6-1-4-21-5-2-13-31-27(21)26/h1-2,4-13,18,32H,3,14-17,19H2. The Balaban J connectivity index is 1.23. The van der Waals surface area contributed by atoms with Gasteiger partial charge in [-0.25, -0.2) is 8.42 Å². The van der Waals surface area contributed by atoms with Gasteiger partial charge in [-0.3, -0.25) is 19.4 Å². The third kappa shape index (κ3) is 6.12. The number of benzene rings is 3. The van der Waals surface area contributed by atoms with Crippen molar-refractivity contribution in [2.45, 2.75) is 17.9 Å². The van der Waals surface area contributed by atoms with Gasteiger partial charge in [-0.05, 0) is 83.1 Å². The van der Waals surface area contributed by atoms with Gasteiger partial charge in [0.2, 0.25) is 0 Å². The summed E-state index contributed by atoms with van der Waals surface area (Å²) in [6, 6.07) is 21.3. The summed E-state index contributed by atoms with van der Waals surface area (Å²) in [5.41, 5.74) is 2.48. The molecule has 1 amide bonds. The molecule has 2 heterocycles. The van der Waals surface area contributed by atoms with Crippen LogP contribution in [-0.2, 0) is 16.6 Å². The van der Waals surface area contributed by atoms with Crippen molar-refractivity contribution in [3.05, 3.63) is 98.7 Å². The number of nitrogens with one attached hydrogen (secondary N) is 1. The highest BCUT2D eigenvalue weighted by atomic mass is 127. The lowest BCUT2D eigenvalue weighted by Gasteiger charge is -2.22. The Labute approximate surface area is 241 Å². The lowest BCUT2D eigenvalue weighted by Crippen LogP contribution is -2.35. The van der Waals surface area contributed by atoms with Crippen molar-refractivity contribution in [1.29, 1.82) is 0 Å². The first-order valence-corrected chi connectivity index (χ1v) is 15.2. The molecule has 7 nitrogen and oxygen atoms in total. The monoisotopic (exact) mass is 660 g/mol. The maximum Gasteiger partial charge on any atom is 0.264 e. The van der Waals surface area contributed by atoms with Gasteiger partial charge in [0.25, 0.3) is 15.9 Å². The van der Waals surface area contributed by atoms with Gasteiger partial charge in [0, 0.05) is 59.1 Å². The fourth-order valence-electron chi connectivity index (χ4n) is 4.59. The van der Waals surface area contributed by atoms with E-state index in [0.29, 0.717) is 29.9 Å². The number of anilines is 1. The molecule has 1 saturated heterocycles. The van der Waals surface area contributed by atoms with Crippen LogP contribution < -0.4 is 4.72 Å². The summed E-state index contributed by atoms with van der Waals surface area (Å²) in [5.74, 6) is -0.0585. The van der Waals surface area contributed by atoms with Crippen LogP contribution in [0.4, 0.5) is 5.69 Å². The number of hydrogen-bond acceptors (Lipinski definition) is 5. The average molecular weight is 661 g/mol. The predicted octanol–water partition coefficient (Wildman–Crippen LogP) is 5.64. The minimum atomic E-state index is -3.86. The number of carbonyl (C=O) groups excluding carboxylic acids is 1. The van der Waals surface area contributed by atoms with Crippen LogP contribution in [0.15, 0.2) is 83.9 Å². The molecule has 1 fully saturated rings. The van der Waals surface area contributed by atoms with E-state index >= 15 is 0 Å². The van der Waals surface area contributed by atoms with E-state index in [1.54, 1.807) is 42.6 Å². The molecule has 1 N–H and O–H groups in total. The minimum absolute atomic E-state index is 0.0585. The second kappa shape index (κ2) is 11.6. The SMILES string of the molecule is O=C(c1ccc(NS(=O)(=O)c2cccc3cccnc23)cc1)N1CCCN(Cc2ccc(I)c(Cl)c2)CC1. The van der Waals surface area contributed by atoms with Crippen molar-refractivity contribution in [1.82, 2.24) is 14.8 Å². The maximum absolute atomic E-state index is 13.2. The summed E-state index contributed by atoms with van der Waals surface area (Å²) in [6.07, 6.45) is 2.45. The van der Waals surface area contributed by atoms with E-state index in [1.807, 2.05) is 29.2 Å². The summed E-state index contributed by atoms with van der Waals surface area (Å²) in [4.78, 5) is 21.8. The van der Waals surface area contributed by atoms with Crippen LogP contribution >= 0.6 is 34.2 Å². The van der Waals surface area contributed by atoms with E-state index in [-0.39, 0.29) is 10.8 Å². The number of sulfonamides is 1. The molecule has 0 unspecified atom stereocenters. The first-order valence-electron chi connectivity index (χ1n) is 12.2. The molecule has 0 atom stereocenters. The van der Waals surface area contributed by atoms with Crippen molar-refractivity contribution < 1.29 is 13.2 Å². The molecule has 0 bridgehead atoms. The van der Waals surface area contributed by atoms with Crippen molar-refractivity contribution in [3.8, 4) is 0 Å². The molecule has 0 aliphatic carbocycles. The molecular weight excluding hydrogens is 635 g/mol. The van der Waals surface area contributed by atoms with E-state index < -0.39 is 10.0 Å². The highest BCUT2D eigenvalue weighted by Crippen LogP contribution is 2.24. The number of rotatable bonds is 6. The van der Waals surface area contributed by atoms with Crippen LogP contribution in [0.2, 0.25) is 5.02 Å². The van der Waals surface area contributed by atoms with E-state index in [0.717, 1.165) is 45.6 Å². The molecule has 10 heteroatoms. The molecular formula is C28H26ClIN4O3S. The van der Waals surface area contributed by atoms with Crippen LogP contribution in [-0.4, -0.2) is 55.3 Å². The van der Waals surface area contributed by atoms with Crippen LogP contribution in [0, 0.1) is 3.57 Å². The van der Waals surface area contributed by atoms with Crippen LogP contribution in [0.25, 0.3) is 10.9 Å². The van der Waals surface area contributed by atoms with Gasteiger partial charge >= 0.3 is 0 Å². The van der Waals surface area contributed by atoms with Crippen LogP contribution in [0.3, 0.4) is 0 Å². The summed E-state index contributed by atoms with van der Waals surface area (Å²) < 4.78 is 29.8. The van der Waals surface area contributed by atoms with Crippen molar-refractivity contribution in [3.63, 3.8) is 0 Å². The fraction of sp³-hybridized carbons (Fsp3) is 0.214. The number of pyridine rings is 1. The smallest absolute Gasteiger partial charge is 0.264 e. The van der Waals surface area contributed by atoms with Gasteiger partial charge in [-0.1, -0.05) is 35.9 Å². The Bertz CT molecular complexity index is 1580. The highest BCUT2D eigenvalue weighted by Gasteiger charge is 2.22. The summed E-state index contributed by atoms with van der Waals surface area (Å²) in [6.45, 7) is 3.76. The van der Waals surface area contributed by atoms with Gasteiger partial charge in [0.15, 0.2) is 0 Å². The number of nitrogens with zero attached hydrogens (tertiary/aromatic N) is 3. The molecule has 1 aliphatic rings. The first kappa shape index (κ1) is 26.9. The summed E-state index contributed by atoms with van der Waals surface area (Å²) in [5, 5.41) is 1.50. The molecule has 5 rings (SSSR count). The lowest BCUT2D eigenvalue weighted by atomic mass is 10.2. The number of fused-ring (bicyclic) bond motifs is 1. The number of halogens is 2. The Kier molecular flexibility index (Phi) is 8.18. The third-order valence-corrected chi connectivity index (χ3v) is 9.52. The number of amides is 1. The van der Waals surface area contributed by atoms with Crippen molar-refractivity contribution >= 4 is 66.7 Å². The molecule has 4 aromatic rings. The lowest BCUT2D eigenvalue weighted by molar-refractivity contribution is 0.0761. The van der Waals surface area contributed by atoms with E-state index in [9.17, 15) is 13.2 Å². The van der Waals surface area contributed by atoms with Gasteiger partial charge in [-0.15, -0.1) is 0 Å². The molecule has 38 heavy (non-hydrogen) atoms. The maximum atomic E-state index is 13.2. The van der Waals surface area contributed by atoms with Gasteiger partial charge in [0.05, 0.1) is 10.5 Å². The number of aromatic nitrogens is 1. The minimum Gasteiger partial charge on any atom is -0.337 e. The number of carbonyl (C=O) groups is 1. The van der Waals surface area contributed by atoms with Crippen molar-refractivity contribution in [2.24, 2.45) is 0 Å². The predicted molar refractivity (Wildman–Crippen MR) is 159 cm³/mol. The fourth-order valence-corrected chi connectivity index (χ4v) is 6.37. The van der Waals surface area contributed by atoms with Gasteiger partial charge in [0.1, 0.15) is 4.90 Å². The Morgan fingerprint density at radius 3 is 2.55 bits per heavy atom. The molecule has 0 radical (unpaired) electrons. The normalized spacial score (nSPS) is 14.8. The largest absolute Gasteiger partial charge is 0.337 e. The molecule has 3 aromatic carbocycles. The summed E-state index contributed by atoms with van der Waals surface area (Å²) >= 11 is 8.50. The number of hydrogen-bond donors (Lipinski definition) is 1. The molecule has 1 aromatic heterocycles. The Morgan fingerprint density at radius 2 is 1.76 bits per heavy atom. The van der Waals surface area contributed by atoms with Crippen molar-refractivity contribution in [2.75, 3.05) is 30.9 Å². The molecule has 0 spiro atoms. The van der Waals surface area contributed by atoms with Gasteiger partial charge in [-0.2, -0.15) is 0 Å². The van der Waals surface area contributed by atoms with E-state index in [1.165, 1.54) is 6.07 Å². The molecule has 196 valence electrons. The second-order valence-corrected chi connectivity index (χ2v) is 12.4. The Morgan fingerprint density at radius 1 is 0.974 bits per heavy atom. The zero-order valence-corrected chi connectivity index (χ0v) is 24.2. The zero-order chi connectivity index (χ0) is 26.7. The number of para-hydroxylation sites is 1. The van der Waals surface area contributed by atoms with Crippen LogP contribution in [0.1, 0.15) is 22.3 Å². The quantitative estimate of drug-likeness (QED) is 0.271. The first-order chi connectivity index (χ1) is 18.3. The molecule has 0 saturated carbocycles. The topological polar surface area (TPSA) is 82.6 Å². The zero-order valence-electron chi connectivity index (χ0n) is 20.5. The summed E-state index contributed by atoms with van der Waals surface area (Å²) in [7, 11) is -3.86.